The largest absolute Gasteiger partial charge is 0.439 e. The van der Waals surface area contributed by atoms with Crippen molar-refractivity contribution in [3.63, 3.8) is 0 Å². The highest BCUT2D eigenvalue weighted by molar-refractivity contribution is 5.95. The van der Waals surface area contributed by atoms with E-state index in [-0.39, 0.29) is 5.69 Å². The Morgan fingerprint density at radius 3 is 2.68 bits per heavy atom. The number of ether oxygens (including phenoxy) is 1. The molecule has 4 rings (SSSR count). The highest BCUT2D eigenvalue weighted by atomic mass is 19.4. The molecule has 0 amide bonds. The first-order valence-electron chi connectivity index (χ1n) is 10.8. The minimum absolute atomic E-state index is 0.237. The lowest BCUT2D eigenvalue weighted by molar-refractivity contribution is -0.137. The van der Waals surface area contributed by atoms with Crippen LogP contribution in [0.4, 0.5) is 18.9 Å². The molecule has 0 saturated carbocycles. The lowest BCUT2D eigenvalue weighted by Gasteiger charge is -2.10. The first-order chi connectivity index (χ1) is 16.2. The van der Waals surface area contributed by atoms with Crippen LogP contribution >= 0.6 is 0 Å². The predicted octanol–water partition coefficient (Wildman–Crippen LogP) is 6.34. The van der Waals surface area contributed by atoms with E-state index in [1.54, 1.807) is 19.1 Å². The smallest absolute Gasteiger partial charge is 0.416 e. The summed E-state index contributed by atoms with van der Waals surface area (Å²) in [6.45, 7) is 6.48. The molecule has 0 saturated heterocycles. The number of benzene rings is 2. The van der Waals surface area contributed by atoms with Crippen LogP contribution in [0.2, 0.25) is 0 Å². The van der Waals surface area contributed by atoms with Gasteiger partial charge in [-0.2, -0.15) is 13.2 Å². The SMILES string of the molecule is CC(=Nc1cccc(C(F)(F)F)c1)n1ccc2cc(Oc3cc(CNC(C)C)ncn3)ccc21. The number of aromatic nitrogens is 3. The summed E-state index contributed by atoms with van der Waals surface area (Å²) in [4.78, 5) is 12.8. The fourth-order valence-corrected chi connectivity index (χ4v) is 3.42. The number of hydrogen-bond donors (Lipinski definition) is 1. The van der Waals surface area contributed by atoms with Crippen molar-refractivity contribution in [1.29, 1.82) is 0 Å². The van der Waals surface area contributed by atoms with Gasteiger partial charge in [-0.05, 0) is 49.4 Å². The Bertz CT molecular complexity index is 1330. The number of hydrogen-bond acceptors (Lipinski definition) is 5. The molecule has 176 valence electrons. The number of fused-ring (bicyclic) bond motifs is 1. The third kappa shape index (κ3) is 5.60. The summed E-state index contributed by atoms with van der Waals surface area (Å²) in [6.07, 6.45) is -1.12. The molecule has 0 aliphatic heterocycles. The van der Waals surface area contributed by atoms with E-state index >= 15 is 0 Å². The molecule has 1 N–H and O–H groups in total. The fourth-order valence-electron chi connectivity index (χ4n) is 3.42. The van der Waals surface area contributed by atoms with E-state index in [0.29, 0.717) is 30.1 Å². The van der Waals surface area contributed by atoms with Crippen LogP contribution in [-0.2, 0) is 12.7 Å². The quantitative estimate of drug-likeness (QED) is 0.266. The maximum Gasteiger partial charge on any atom is 0.416 e. The highest BCUT2D eigenvalue weighted by Gasteiger charge is 2.30. The molecule has 0 atom stereocenters. The van der Waals surface area contributed by atoms with Gasteiger partial charge >= 0.3 is 6.18 Å². The number of halogens is 3. The number of nitrogens with one attached hydrogen (secondary N) is 1. The van der Waals surface area contributed by atoms with Gasteiger partial charge in [0, 0.05) is 30.2 Å². The number of nitrogens with zero attached hydrogens (tertiary/aromatic N) is 4. The second-order valence-electron chi connectivity index (χ2n) is 8.10. The van der Waals surface area contributed by atoms with Crippen LogP contribution in [0.1, 0.15) is 32.0 Å². The standard InChI is InChI=1S/C25H24F3N5O/c1-16(2)29-14-21-13-24(31-15-30-21)34-22-7-8-23-18(11-22)9-10-33(23)17(3)32-20-6-4-5-19(12-20)25(26,27)28/h4-13,15-16,29H,14H2,1-3H3. The van der Waals surface area contributed by atoms with Crippen LogP contribution in [0.5, 0.6) is 11.6 Å². The van der Waals surface area contributed by atoms with Crippen molar-refractivity contribution in [3.8, 4) is 11.6 Å². The van der Waals surface area contributed by atoms with Crippen molar-refractivity contribution in [2.75, 3.05) is 0 Å². The normalized spacial score (nSPS) is 12.5. The van der Waals surface area contributed by atoms with Crippen molar-refractivity contribution in [3.05, 3.63) is 78.4 Å². The predicted molar refractivity (Wildman–Crippen MR) is 126 cm³/mol. The number of alkyl halides is 3. The zero-order valence-corrected chi connectivity index (χ0v) is 19.0. The third-order valence-corrected chi connectivity index (χ3v) is 5.09. The van der Waals surface area contributed by atoms with Gasteiger partial charge in [0.25, 0.3) is 0 Å². The van der Waals surface area contributed by atoms with E-state index < -0.39 is 11.7 Å². The van der Waals surface area contributed by atoms with Gasteiger partial charge < -0.3 is 14.6 Å². The van der Waals surface area contributed by atoms with Crippen molar-refractivity contribution in [1.82, 2.24) is 19.9 Å². The van der Waals surface area contributed by atoms with Crippen LogP contribution in [0.25, 0.3) is 10.9 Å². The summed E-state index contributed by atoms with van der Waals surface area (Å²) in [7, 11) is 0. The van der Waals surface area contributed by atoms with E-state index in [2.05, 4.69) is 34.1 Å². The Kier molecular flexibility index (Phi) is 6.65. The second-order valence-corrected chi connectivity index (χ2v) is 8.10. The minimum atomic E-state index is -4.41. The second kappa shape index (κ2) is 9.64. The first-order valence-corrected chi connectivity index (χ1v) is 10.8. The van der Waals surface area contributed by atoms with Crippen molar-refractivity contribution >= 4 is 22.4 Å². The third-order valence-electron chi connectivity index (χ3n) is 5.09. The Labute approximate surface area is 195 Å². The molecule has 2 heterocycles. The molecule has 0 aliphatic rings. The summed E-state index contributed by atoms with van der Waals surface area (Å²) in [6, 6.07) is 14.5. The average Bonchev–Trinajstić information content (AvgIpc) is 3.21. The molecular weight excluding hydrogens is 443 g/mol. The summed E-state index contributed by atoms with van der Waals surface area (Å²) in [5.74, 6) is 1.59. The van der Waals surface area contributed by atoms with Gasteiger partial charge in [-0.3, -0.25) is 0 Å². The summed E-state index contributed by atoms with van der Waals surface area (Å²) in [5, 5.41) is 4.20. The van der Waals surface area contributed by atoms with E-state index in [1.807, 2.05) is 35.0 Å². The van der Waals surface area contributed by atoms with Crippen LogP contribution in [0.3, 0.4) is 0 Å². The Morgan fingerprint density at radius 2 is 1.91 bits per heavy atom. The monoisotopic (exact) mass is 467 g/mol. The molecule has 0 spiro atoms. The summed E-state index contributed by atoms with van der Waals surface area (Å²) < 4.78 is 46.7. The van der Waals surface area contributed by atoms with E-state index in [9.17, 15) is 13.2 Å². The Hall–Kier alpha value is -3.72. The topological polar surface area (TPSA) is 64.3 Å². The molecule has 0 aliphatic carbocycles. The van der Waals surface area contributed by atoms with Crippen LogP contribution < -0.4 is 10.1 Å². The van der Waals surface area contributed by atoms with E-state index in [4.69, 9.17) is 4.74 Å². The zero-order chi connectivity index (χ0) is 24.3. The maximum atomic E-state index is 13.0. The lowest BCUT2D eigenvalue weighted by atomic mass is 10.2. The molecule has 2 aromatic heterocycles. The molecule has 4 aromatic rings. The van der Waals surface area contributed by atoms with Gasteiger partial charge in [0.2, 0.25) is 5.88 Å². The first kappa shape index (κ1) is 23.4. The Balaban J connectivity index is 1.55. The van der Waals surface area contributed by atoms with Gasteiger partial charge in [0.1, 0.15) is 17.9 Å². The highest BCUT2D eigenvalue weighted by Crippen LogP contribution is 2.32. The van der Waals surface area contributed by atoms with Crippen molar-refractivity contribution in [2.45, 2.75) is 39.5 Å². The molecule has 0 fully saturated rings. The Morgan fingerprint density at radius 1 is 1.09 bits per heavy atom. The van der Waals surface area contributed by atoms with Crippen molar-refractivity contribution in [2.24, 2.45) is 4.99 Å². The number of rotatable bonds is 6. The van der Waals surface area contributed by atoms with E-state index in [1.165, 1.54) is 12.4 Å². The average molecular weight is 467 g/mol. The van der Waals surface area contributed by atoms with Gasteiger partial charge in [0.15, 0.2) is 0 Å². The van der Waals surface area contributed by atoms with E-state index in [0.717, 1.165) is 28.7 Å². The van der Waals surface area contributed by atoms with Gasteiger partial charge in [0.05, 0.1) is 22.5 Å². The maximum absolute atomic E-state index is 13.0. The molecule has 34 heavy (non-hydrogen) atoms. The summed E-state index contributed by atoms with van der Waals surface area (Å²) >= 11 is 0. The van der Waals surface area contributed by atoms with Crippen LogP contribution in [0.15, 0.2) is 72.1 Å². The van der Waals surface area contributed by atoms with Crippen LogP contribution in [0, 0.1) is 0 Å². The summed E-state index contributed by atoms with van der Waals surface area (Å²) in [5.41, 5.74) is 1.19. The zero-order valence-electron chi connectivity index (χ0n) is 19.0. The lowest BCUT2D eigenvalue weighted by Crippen LogP contribution is -2.22. The number of aliphatic imine (C=N–C) groups is 1. The molecule has 9 heteroatoms. The van der Waals surface area contributed by atoms with Crippen molar-refractivity contribution < 1.29 is 17.9 Å². The van der Waals surface area contributed by atoms with Gasteiger partial charge in [-0.1, -0.05) is 19.9 Å². The van der Waals surface area contributed by atoms with Crippen LogP contribution in [-0.4, -0.2) is 26.4 Å². The molecule has 2 aromatic carbocycles. The fraction of sp³-hybridized carbons (Fsp3) is 0.240. The molecule has 0 radical (unpaired) electrons. The molecule has 0 bridgehead atoms. The van der Waals surface area contributed by atoms with Gasteiger partial charge in [-0.25, -0.2) is 15.0 Å². The molecular formula is C25H24F3N5O. The molecule has 0 unspecified atom stereocenters. The van der Waals surface area contributed by atoms with Gasteiger partial charge in [-0.15, -0.1) is 0 Å². The minimum Gasteiger partial charge on any atom is -0.439 e. The molecule has 6 nitrogen and oxygen atoms in total.